The lowest BCUT2D eigenvalue weighted by Crippen LogP contribution is -2.33. The molecule has 0 saturated carbocycles. The number of nitrogens with zero attached hydrogens (tertiary/aromatic N) is 2. The molecule has 1 aliphatic heterocycles. The van der Waals surface area contributed by atoms with E-state index in [1.807, 2.05) is 0 Å². The first-order valence-corrected chi connectivity index (χ1v) is 19.8. The molecular weight excluding hydrogens is 677 g/mol. The summed E-state index contributed by atoms with van der Waals surface area (Å²) in [7, 11) is 0. The molecule has 3 unspecified atom stereocenters. The van der Waals surface area contributed by atoms with Crippen LogP contribution in [-0.2, 0) is 0 Å². The fraction of sp³-hybridized carbons (Fsp3) is 0.0741. The van der Waals surface area contributed by atoms with Crippen LogP contribution >= 0.6 is 0 Å². The summed E-state index contributed by atoms with van der Waals surface area (Å²) < 4.78 is 2.48. The first-order chi connectivity index (χ1) is 27.8. The number of anilines is 1. The summed E-state index contributed by atoms with van der Waals surface area (Å²) in [6, 6.07) is 66.5. The van der Waals surface area contributed by atoms with Crippen molar-refractivity contribution in [2.24, 2.45) is 0 Å². The van der Waals surface area contributed by atoms with Crippen molar-refractivity contribution >= 4 is 38.6 Å². The largest absolute Gasteiger partial charge is 0.337 e. The maximum absolute atomic E-state index is 2.64. The van der Waals surface area contributed by atoms with Crippen LogP contribution in [0.3, 0.4) is 0 Å². The fourth-order valence-electron chi connectivity index (χ4n) is 9.52. The summed E-state index contributed by atoms with van der Waals surface area (Å²) in [5.74, 6) is 0.499. The fourth-order valence-corrected chi connectivity index (χ4v) is 9.52. The second-order valence-corrected chi connectivity index (χ2v) is 15.2. The van der Waals surface area contributed by atoms with Gasteiger partial charge in [-0.2, -0.15) is 0 Å². The number of hydrogen-bond acceptors (Lipinski definition) is 1. The van der Waals surface area contributed by atoms with Gasteiger partial charge in [0.05, 0.1) is 17.1 Å². The summed E-state index contributed by atoms with van der Waals surface area (Å²) in [5, 5.41) is 2.54. The van der Waals surface area contributed by atoms with Crippen molar-refractivity contribution in [1.82, 2.24) is 4.57 Å². The minimum atomic E-state index is 0.182. The third kappa shape index (κ3) is 5.40. The standard InChI is InChI=1S/C54H40N2/c1-4-16-37(17-5-1)40-22-14-23-44(33-40)56-52-29-13-10-24-47(52)49-27-15-26-46(54(49)56)41-30-31-53-50(36-41)48-25-11-12-28-51(48)55(53)45-34-42(38-18-6-2-7-19-38)32-43(35-45)39-20-8-3-9-21-39/h1-34,36,43,50,53H,35H2. The number of fused-ring (bicyclic) bond motifs is 6. The van der Waals surface area contributed by atoms with Gasteiger partial charge in [0, 0.05) is 45.2 Å². The Morgan fingerprint density at radius 1 is 0.518 bits per heavy atom. The summed E-state index contributed by atoms with van der Waals surface area (Å²) in [4.78, 5) is 2.64. The zero-order chi connectivity index (χ0) is 37.0. The molecule has 2 aliphatic carbocycles. The molecule has 3 atom stereocenters. The maximum atomic E-state index is 2.64. The third-order valence-corrected chi connectivity index (χ3v) is 12.0. The monoisotopic (exact) mass is 716 g/mol. The molecule has 2 heteroatoms. The van der Waals surface area contributed by atoms with E-state index in [2.05, 4.69) is 222 Å². The van der Waals surface area contributed by atoms with E-state index in [-0.39, 0.29) is 17.9 Å². The first-order valence-electron chi connectivity index (χ1n) is 19.8. The summed E-state index contributed by atoms with van der Waals surface area (Å²) in [6.07, 6.45) is 13.3. The molecule has 1 aromatic heterocycles. The number of para-hydroxylation sites is 3. The van der Waals surface area contributed by atoms with E-state index in [4.69, 9.17) is 0 Å². The van der Waals surface area contributed by atoms with Gasteiger partial charge in [-0.05, 0) is 75.7 Å². The Balaban J connectivity index is 1.04. The van der Waals surface area contributed by atoms with E-state index in [1.165, 1.54) is 83.4 Å². The number of benzene rings is 7. The van der Waals surface area contributed by atoms with Crippen molar-refractivity contribution in [3.05, 3.63) is 240 Å². The summed E-state index contributed by atoms with van der Waals surface area (Å²) in [6.45, 7) is 0. The topological polar surface area (TPSA) is 8.17 Å². The molecule has 2 heterocycles. The molecule has 0 saturated heterocycles. The number of allylic oxidation sites excluding steroid dienone is 6. The Hall–Kier alpha value is -6.90. The molecular formula is C54H40N2. The van der Waals surface area contributed by atoms with Crippen molar-refractivity contribution in [3.63, 3.8) is 0 Å². The van der Waals surface area contributed by atoms with Gasteiger partial charge >= 0.3 is 0 Å². The molecule has 0 bridgehead atoms. The SMILES string of the molecule is C1=CC2C(C=C1c1cccc3c4ccccc4n(-c4cccc(-c5ccccc5)c4)c13)c1ccccc1N2C1=CC(c2ccccc2)=CC(c2ccccc2)C1. The van der Waals surface area contributed by atoms with Crippen molar-refractivity contribution < 1.29 is 0 Å². The van der Waals surface area contributed by atoms with Gasteiger partial charge in [0.15, 0.2) is 0 Å². The number of hydrogen-bond donors (Lipinski definition) is 0. The van der Waals surface area contributed by atoms with Crippen LogP contribution in [0, 0.1) is 0 Å². The smallest absolute Gasteiger partial charge is 0.0626 e. The molecule has 266 valence electrons. The zero-order valence-electron chi connectivity index (χ0n) is 31.0. The lowest BCUT2D eigenvalue weighted by atomic mass is 9.84. The number of rotatable bonds is 6. The van der Waals surface area contributed by atoms with Crippen molar-refractivity contribution in [2.45, 2.75) is 24.3 Å². The predicted molar refractivity (Wildman–Crippen MR) is 235 cm³/mol. The Morgan fingerprint density at radius 2 is 1.20 bits per heavy atom. The molecule has 0 amide bonds. The van der Waals surface area contributed by atoms with E-state index < -0.39 is 0 Å². The van der Waals surface area contributed by atoms with Gasteiger partial charge in [0.2, 0.25) is 0 Å². The van der Waals surface area contributed by atoms with E-state index in [9.17, 15) is 0 Å². The van der Waals surface area contributed by atoms with Crippen molar-refractivity contribution in [3.8, 4) is 16.8 Å². The van der Waals surface area contributed by atoms with Crippen LogP contribution in [-0.4, -0.2) is 10.6 Å². The highest BCUT2D eigenvalue weighted by Gasteiger charge is 2.40. The van der Waals surface area contributed by atoms with Crippen molar-refractivity contribution in [2.75, 3.05) is 4.90 Å². The lowest BCUT2D eigenvalue weighted by molar-refractivity contribution is 0.684. The summed E-state index contributed by atoms with van der Waals surface area (Å²) >= 11 is 0. The van der Waals surface area contributed by atoms with Crippen LogP contribution < -0.4 is 4.90 Å². The maximum Gasteiger partial charge on any atom is 0.0626 e. The van der Waals surface area contributed by atoms with Gasteiger partial charge in [-0.1, -0.05) is 182 Å². The van der Waals surface area contributed by atoms with Crippen LogP contribution in [0.25, 0.3) is 49.8 Å². The average Bonchev–Trinajstić information content (AvgIpc) is 3.80. The molecule has 0 spiro atoms. The lowest BCUT2D eigenvalue weighted by Gasteiger charge is -2.35. The molecule has 8 aromatic rings. The van der Waals surface area contributed by atoms with Gasteiger partial charge < -0.3 is 9.47 Å². The molecule has 0 N–H and O–H groups in total. The van der Waals surface area contributed by atoms with Crippen LogP contribution in [0.1, 0.15) is 40.5 Å². The Morgan fingerprint density at radius 3 is 2.04 bits per heavy atom. The van der Waals surface area contributed by atoms with Gasteiger partial charge in [-0.25, -0.2) is 0 Å². The molecule has 0 fully saturated rings. The van der Waals surface area contributed by atoms with Gasteiger partial charge in [-0.15, -0.1) is 0 Å². The van der Waals surface area contributed by atoms with Crippen LogP contribution in [0.15, 0.2) is 218 Å². The Kier molecular flexibility index (Phi) is 7.81. The second-order valence-electron chi connectivity index (χ2n) is 15.2. The minimum Gasteiger partial charge on any atom is -0.337 e. The van der Waals surface area contributed by atoms with Crippen LogP contribution in [0.5, 0.6) is 0 Å². The Labute approximate surface area is 328 Å². The molecule has 3 aliphatic rings. The molecule has 0 radical (unpaired) electrons. The van der Waals surface area contributed by atoms with Crippen LogP contribution in [0.4, 0.5) is 5.69 Å². The zero-order valence-corrected chi connectivity index (χ0v) is 31.0. The van der Waals surface area contributed by atoms with Gasteiger partial charge in [0.1, 0.15) is 0 Å². The van der Waals surface area contributed by atoms with Crippen molar-refractivity contribution in [1.29, 1.82) is 0 Å². The molecule has 2 nitrogen and oxygen atoms in total. The van der Waals surface area contributed by atoms with Gasteiger partial charge in [-0.3, -0.25) is 0 Å². The van der Waals surface area contributed by atoms with E-state index in [0.717, 1.165) is 6.42 Å². The molecule has 11 rings (SSSR count). The van der Waals surface area contributed by atoms with Crippen LogP contribution in [0.2, 0.25) is 0 Å². The highest BCUT2D eigenvalue weighted by molar-refractivity contribution is 6.13. The summed E-state index contributed by atoms with van der Waals surface area (Å²) in [5.41, 5.74) is 16.5. The highest BCUT2D eigenvalue weighted by Crippen LogP contribution is 2.51. The average molecular weight is 717 g/mol. The third-order valence-electron chi connectivity index (χ3n) is 12.0. The molecule has 56 heavy (non-hydrogen) atoms. The highest BCUT2D eigenvalue weighted by atomic mass is 15.2. The normalized spacial score (nSPS) is 18.7. The minimum absolute atomic E-state index is 0.182. The quantitative estimate of drug-likeness (QED) is 0.166. The van der Waals surface area contributed by atoms with E-state index in [1.54, 1.807) is 0 Å². The predicted octanol–water partition coefficient (Wildman–Crippen LogP) is 13.5. The second kappa shape index (κ2) is 13.4. The van der Waals surface area contributed by atoms with Gasteiger partial charge in [0.25, 0.3) is 0 Å². The first kappa shape index (κ1) is 32.5. The van der Waals surface area contributed by atoms with E-state index >= 15 is 0 Å². The number of aromatic nitrogens is 1. The molecule has 7 aromatic carbocycles. The Bertz CT molecular complexity index is 2890. The van der Waals surface area contributed by atoms with E-state index in [0.29, 0.717) is 0 Å².